The van der Waals surface area contributed by atoms with Crippen molar-refractivity contribution in [3.8, 4) is 0 Å². The fraction of sp³-hybridized carbons (Fsp3) is 0.533. The molecule has 1 heterocycles. The molecule has 0 bridgehead atoms. The fourth-order valence-corrected chi connectivity index (χ4v) is 3.14. The minimum atomic E-state index is -3.55. The average molecular weight is 344 g/mol. The Labute approximate surface area is 135 Å². The van der Waals surface area contributed by atoms with E-state index in [1.54, 1.807) is 23.1 Å². The molecule has 2 rings (SSSR count). The number of hydrogen-bond acceptors (Lipinski definition) is 4. The summed E-state index contributed by atoms with van der Waals surface area (Å²) in [4.78, 5) is 13.8. The number of nitrogens with zero attached hydrogens (tertiary/aromatic N) is 2. The van der Waals surface area contributed by atoms with Crippen molar-refractivity contribution in [3.05, 3.63) is 35.6 Å². The number of ether oxygens (including phenoxy) is 1. The molecule has 1 fully saturated rings. The molecule has 0 N–H and O–H groups in total. The zero-order valence-electron chi connectivity index (χ0n) is 13.1. The Morgan fingerprint density at radius 1 is 1.30 bits per heavy atom. The number of benzene rings is 1. The predicted molar refractivity (Wildman–Crippen MR) is 83.9 cm³/mol. The highest BCUT2D eigenvalue weighted by Gasteiger charge is 2.24. The lowest BCUT2D eigenvalue weighted by molar-refractivity contribution is -0.135. The maximum absolute atomic E-state index is 13.6. The van der Waals surface area contributed by atoms with E-state index >= 15 is 0 Å². The lowest BCUT2D eigenvalue weighted by atomic mass is 10.1. The van der Waals surface area contributed by atoms with Gasteiger partial charge in [0.2, 0.25) is 15.9 Å². The molecule has 0 atom stereocenters. The van der Waals surface area contributed by atoms with Crippen LogP contribution in [-0.2, 0) is 26.0 Å². The van der Waals surface area contributed by atoms with Gasteiger partial charge in [0.05, 0.1) is 26.0 Å². The highest BCUT2D eigenvalue weighted by molar-refractivity contribution is 7.88. The van der Waals surface area contributed by atoms with E-state index in [0.717, 1.165) is 10.6 Å². The molecule has 1 amide bonds. The quantitative estimate of drug-likeness (QED) is 0.753. The summed E-state index contributed by atoms with van der Waals surface area (Å²) in [6.07, 6.45) is 1.27. The second kappa shape index (κ2) is 7.85. The lowest BCUT2D eigenvalue weighted by Gasteiger charge is -2.29. The topological polar surface area (TPSA) is 66.9 Å². The van der Waals surface area contributed by atoms with Crippen LogP contribution in [0.1, 0.15) is 5.56 Å². The molecule has 6 nitrogen and oxygen atoms in total. The van der Waals surface area contributed by atoms with Crippen LogP contribution in [0, 0.1) is 5.82 Å². The predicted octanol–water partition coefficient (Wildman–Crippen LogP) is 0.489. The van der Waals surface area contributed by atoms with E-state index in [1.165, 1.54) is 6.07 Å². The highest BCUT2D eigenvalue weighted by Crippen LogP contribution is 2.10. The van der Waals surface area contributed by atoms with Gasteiger partial charge in [-0.05, 0) is 18.1 Å². The third kappa shape index (κ3) is 5.26. The van der Waals surface area contributed by atoms with E-state index in [1.807, 2.05) is 0 Å². The Morgan fingerprint density at radius 2 is 1.96 bits per heavy atom. The molecule has 1 aromatic carbocycles. The van der Waals surface area contributed by atoms with Crippen LogP contribution in [0.4, 0.5) is 4.39 Å². The van der Waals surface area contributed by atoms with Crippen molar-refractivity contribution >= 4 is 15.9 Å². The number of rotatable bonds is 6. The normalized spacial score (nSPS) is 15.9. The minimum Gasteiger partial charge on any atom is -0.378 e. The summed E-state index contributed by atoms with van der Waals surface area (Å²) in [7, 11) is -3.55. The van der Waals surface area contributed by atoms with Crippen molar-refractivity contribution in [1.29, 1.82) is 0 Å². The number of halogens is 1. The molecule has 8 heteroatoms. The Kier molecular flexibility index (Phi) is 6.09. The van der Waals surface area contributed by atoms with E-state index in [2.05, 4.69) is 0 Å². The summed E-state index contributed by atoms with van der Waals surface area (Å²) in [5.74, 6) is -0.632. The van der Waals surface area contributed by atoms with Gasteiger partial charge in [0.25, 0.3) is 0 Å². The third-order valence-electron chi connectivity index (χ3n) is 3.73. The van der Waals surface area contributed by atoms with Gasteiger partial charge in [-0.3, -0.25) is 4.79 Å². The highest BCUT2D eigenvalue weighted by atomic mass is 32.2. The molecule has 1 aliphatic rings. The zero-order chi connectivity index (χ0) is 16.9. The molecule has 0 aromatic heterocycles. The number of hydrogen-bond donors (Lipinski definition) is 0. The summed E-state index contributed by atoms with van der Waals surface area (Å²) >= 11 is 0. The number of carbonyl (C=O) groups is 1. The monoisotopic (exact) mass is 344 g/mol. The van der Waals surface area contributed by atoms with Crippen LogP contribution < -0.4 is 0 Å². The van der Waals surface area contributed by atoms with Gasteiger partial charge in [0, 0.05) is 19.6 Å². The van der Waals surface area contributed by atoms with Crippen LogP contribution in [0.2, 0.25) is 0 Å². The smallest absolute Gasteiger partial charge is 0.238 e. The molecule has 1 aromatic rings. The SMILES string of the molecule is CS(=O)(=O)N(CCc1ccccc1F)CC(=O)N1CCOCC1. The van der Waals surface area contributed by atoms with E-state index < -0.39 is 10.0 Å². The Balaban J connectivity index is 2.00. The van der Waals surface area contributed by atoms with Crippen molar-refractivity contribution in [2.45, 2.75) is 6.42 Å². The van der Waals surface area contributed by atoms with E-state index in [0.29, 0.717) is 31.9 Å². The van der Waals surface area contributed by atoms with E-state index in [4.69, 9.17) is 4.74 Å². The summed E-state index contributed by atoms with van der Waals surface area (Å²) in [6, 6.07) is 6.22. The Hall–Kier alpha value is -1.51. The maximum Gasteiger partial charge on any atom is 0.238 e. The molecule has 0 spiro atoms. The van der Waals surface area contributed by atoms with Gasteiger partial charge in [-0.25, -0.2) is 12.8 Å². The number of carbonyl (C=O) groups excluding carboxylic acids is 1. The summed E-state index contributed by atoms with van der Waals surface area (Å²) < 4.78 is 43.7. The molecule has 128 valence electrons. The van der Waals surface area contributed by atoms with Crippen LogP contribution >= 0.6 is 0 Å². The van der Waals surface area contributed by atoms with Gasteiger partial charge in [-0.1, -0.05) is 18.2 Å². The van der Waals surface area contributed by atoms with Gasteiger partial charge < -0.3 is 9.64 Å². The lowest BCUT2D eigenvalue weighted by Crippen LogP contribution is -2.47. The molecule has 0 unspecified atom stereocenters. The molecule has 0 saturated carbocycles. The Morgan fingerprint density at radius 3 is 2.57 bits per heavy atom. The van der Waals surface area contributed by atoms with Crippen molar-refractivity contribution in [2.24, 2.45) is 0 Å². The first kappa shape index (κ1) is 17.8. The van der Waals surface area contributed by atoms with Gasteiger partial charge >= 0.3 is 0 Å². The summed E-state index contributed by atoms with van der Waals surface area (Å²) in [5, 5.41) is 0. The first-order valence-electron chi connectivity index (χ1n) is 7.42. The zero-order valence-corrected chi connectivity index (χ0v) is 13.9. The largest absolute Gasteiger partial charge is 0.378 e. The van der Waals surface area contributed by atoms with Gasteiger partial charge in [-0.15, -0.1) is 0 Å². The number of morpholine rings is 1. The average Bonchev–Trinajstić information content (AvgIpc) is 2.52. The van der Waals surface area contributed by atoms with E-state index in [-0.39, 0.29) is 31.2 Å². The van der Waals surface area contributed by atoms with Gasteiger partial charge in [-0.2, -0.15) is 4.31 Å². The standard InChI is InChI=1S/C15H21FN2O4S/c1-23(20,21)18(7-6-13-4-2-3-5-14(13)16)12-15(19)17-8-10-22-11-9-17/h2-5H,6-12H2,1H3. The van der Waals surface area contributed by atoms with Crippen molar-refractivity contribution in [2.75, 3.05) is 45.6 Å². The fourth-order valence-electron chi connectivity index (χ4n) is 2.37. The molecule has 1 saturated heterocycles. The molecule has 23 heavy (non-hydrogen) atoms. The second-order valence-electron chi connectivity index (χ2n) is 5.43. The van der Waals surface area contributed by atoms with Crippen LogP contribution in [-0.4, -0.2) is 69.2 Å². The van der Waals surface area contributed by atoms with Crippen LogP contribution in [0.15, 0.2) is 24.3 Å². The van der Waals surface area contributed by atoms with Gasteiger partial charge in [0.15, 0.2) is 0 Å². The molecule has 0 aliphatic carbocycles. The van der Waals surface area contributed by atoms with Gasteiger partial charge in [0.1, 0.15) is 5.82 Å². The number of sulfonamides is 1. The third-order valence-corrected chi connectivity index (χ3v) is 4.98. The molecule has 1 aliphatic heterocycles. The Bertz CT molecular complexity index is 645. The minimum absolute atomic E-state index is 0.0653. The summed E-state index contributed by atoms with van der Waals surface area (Å²) in [6.45, 7) is 1.68. The van der Waals surface area contributed by atoms with Crippen LogP contribution in [0.25, 0.3) is 0 Å². The van der Waals surface area contributed by atoms with Crippen molar-refractivity contribution in [1.82, 2.24) is 9.21 Å². The number of amides is 1. The second-order valence-corrected chi connectivity index (χ2v) is 7.41. The van der Waals surface area contributed by atoms with Crippen molar-refractivity contribution < 1.29 is 22.3 Å². The van der Waals surface area contributed by atoms with E-state index in [9.17, 15) is 17.6 Å². The first-order chi connectivity index (χ1) is 10.9. The van der Waals surface area contributed by atoms with Crippen LogP contribution in [0.5, 0.6) is 0 Å². The first-order valence-corrected chi connectivity index (χ1v) is 9.27. The maximum atomic E-state index is 13.6. The molecular formula is C15H21FN2O4S. The van der Waals surface area contributed by atoms with Crippen LogP contribution in [0.3, 0.4) is 0 Å². The molecular weight excluding hydrogens is 323 g/mol. The van der Waals surface area contributed by atoms with Crippen molar-refractivity contribution in [3.63, 3.8) is 0 Å². The summed E-state index contributed by atoms with van der Waals surface area (Å²) in [5.41, 5.74) is 0.431. The molecule has 0 radical (unpaired) electrons.